The number of primary amides is 1. The lowest BCUT2D eigenvalue weighted by Crippen LogP contribution is -2.33. The molecule has 0 aliphatic rings. The Bertz CT molecular complexity index is 1470. The number of aromatic amines is 1. The van der Waals surface area contributed by atoms with Crippen LogP contribution in [-0.2, 0) is 17.8 Å². The van der Waals surface area contributed by atoms with Gasteiger partial charge in [0.2, 0.25) is 11.8 Å². The van der Waals surface area contributed by atoms with Crippen LogP contribution >= 0.6 is 11.6 Å². The van der Waals surface area contributed by atoms with E-state index in [1.54, 1.807) is 38.2 Å². The number of nitrogens with two attached hydrogens (primary N) is 1. The lowest BCUT2D eigenvalue weighted by Gasteiger charge is -2.20. The summed E-state index contributed by atoms with van der Waals surface area (Å²) in [5, 5.41) is 0.419. The van der Waals surface area contributed by atoms with Crippen LogP contribution in [0.15, 0.2) is 65.6 Å². The second-order valence-corrected chi connectivity index (χ2v) is 9.57. The molecule has 9 heteroatoms. The fraction of sp³-hybridized carbons (Fsp3) is 0.222. The van der Waals surface area contributed by atoms with E-state index in [1.807, 2.05) is 37.3 Å². The maximum atomic E-state index is 12.5. The van der Waals surface area contributed by atoms with Crippen molar-refractivity contribution in [3.63, 3.8) is 0 Å². The van der Waals surface area contributed by atoms with Crippen molar-refractivity contribution in [2.75, 3.05) is 0 Å². The molecule has 3 aromatic heterocycles. The van der Waals surface area contributed by atoms with Gasteiger partial charge in [-0.25, -0.2) is 9.97 Å². The van der Waals surface area contributed by atoms with E-state index in [2.05, 4.69) is 19.9 Å². The molecule has 184 valence electrons. The van der Waals surface area contributed by atoms with Crippen molar-refractivity contribution >= 4 is 17.5 Å². The smallest absolute Gasteiger partial charge is 0.251 e. The molecule has 0 aliphatic carbocycles. The molecule has 0 bridgehead atoms. The van der Waals surface area contributed by atoms with Crippen molar-refractivity contribution in [2.24, 2.45) is 11.1 Å². The summed E-state index contributed by atoms with van der Waals surface area (Å²) in [6, 6.07) is 16.0. The molecule has 0 aliphatic heterocycles. The van der Waals surface area contributed by atoms with Gasteiger partial charge in [0.15, 0.2) is 0 Å². The molecule has 1 amide bonds. The van der Waals surface area contributed by atoms with Gasteiger partial charge in [0.25, 0.3) is 5.56 Å². The van der Waals surface area contributed by atoms with E-state index in [0.717, 1.165) is 17.0 Å². The molecule has 0 atom stereocenters. The third-order valence-electron chi connectivity index (χ3n) is 5.69. The molecule has 4 rings (SSSR count). The van der Waals surface area contributed by atoms with Crippen molar-refractivity contribution in [1.29, 1.82) is 0 Å². The number of aryl methyl sites for hydroxylation is 1. The highest BCUT2D eigenvalue weighted by molar-refractivity contribution is 6.33. The first kappa shape index (κ1) is 25.1. The van der Waals surface area contributed by atoms with E-state index in [1.165, 1.54) is 6.07 Å². The van der Waals surface area contributed by atoms with E-state index in [0.29, 0.717) is 46.6 Å². The lowest BCUT2D eigenvalue weighted by molar-refractivity contribution is -0.125. The summed E-state index contributed by atoms with van der Waals surface area (Å²) in [6.07, 6.45) is 2.01. The van der Waals surface area contributed by atoms with Crippen molar-refractivity contribution < 1.29 is 9.53 Å². The average molecular weight is 504 g/mol. The van der Waals surface area contributed by atoms with E-state index in [4.69, 9.17) is 22.1 Å². The van der Waals surface area contributed by atoms with Crippen molar-refractivity contribution in [2.45, 2.75) is 33.8 Å². The molecule has 1 aromatic carbocycles. The number of carbonyl (C=O) groups excluding carboxylic acids is 1. The molecule has 8 nitrogen and oxygen atoms in total. The van der Waals surface area contributed by atoms with Gasteiger partial charge in [-0.2, -0.15) is 0 Å². The van der Waals surface area contributed by atoms with Gasteiger partial charge >= 0.3 is 0 Å². The number of amides is 1. The van der Waals surface area contributed by atoms with Crippen LogP contribution in [0.3, 0.4) is 0 Å². The predicted molar refractivity (Wildman–Crippen MR) is 139 cm³/mol. The van der Waals surface area contributed by atoms with Crippen LogP contribution in [0.5, 0.6) is 5.88 Å². The third kappa shape index (κ3) is 5.95. The molecule has 3 N–H and O–H groups in total. The van der Waals surface area contributed by atoms with Crippen molar-refractivity contribution in [1.82, 2.24) is 19.9 Å². The SMILES string of the molecule is Cc1cccc(COc2ccc(-c3cc(=O)[nH]c(-c4cc(CC(C)(C)C(N)=O)ccc4Cl)n3)cn2)n1. The Balaban J connectivity index is 1.58. The number of ether oxygens (including phenoxy) is 1. The number of pyridine rings is 2. The summed E-state index contributed by atoms with van der Waals surface area (Å²) < 4.78 is 5.73. The topological polar surface area (TPSA) is 124 Å². The van der Waals surface area contributed by atoms with Gasteiger partial charge in [0, 0.05) is 40.6 Å². The molecule has 0 saturated heterocycles. The molecular weight excluding hydrogens is 478 g/mol. The van der Waals surface area contributed by atoms with Crippen LogP contribution in [0.25, 0.3) is 22.6 Å². The zero-order valence-corrected chi connectivity index (χ0v) is 21.0. The highest BCUT2D eigenvalue weighted by atomic mass is 35.5. The summed E-state index contributed by atoms with van der Waals surface area (Å²) in [6.45, 7) is 5.78. The van der Waals surface area contributed by atoms with Crippen LogP contribution < -0.4 is 16.0 Å². The Kier molecular flexibility index (Phi) is 7.17. The van der Waals surface area contributed by atoms with Gasteiger partial charge in [-0.3, -0.25) is 14.6 Å². The molecule has 0 unspecified atom stereocenters. The second kappa shape index (κ2) is 10.3. The van der Waals surface area contributed by atoms with E-state index >= 15 is 0 Å². The number of nitrogens with one attached hydrogen (secondary N) is 1. The Morgan fingerprint density at radius 2 is 1.92 bits per heavy atom. The third-order valence-corrected chi connectivity index (χ3v) is 6.02. The first-order valence-electron chi connectivity index (χ1n) is 11.3. The summed E-state index contributed by atoms with van der Waals surface area (Å²) >= 11 is 6.44. The Labute approximate surface area is 213 Å². The van der Waals surface area contributed by atoms with Crippen molar-refractivity contribution in [3.05, 3.63) is 93.1 Å². The van der Waals surface area contributed by atoms with Crippen LogP contribution in [0.4, 0.5) is 0 Å². The van der Waals surface area contributed by atoms with E-state index < -0.39 is 11.3 Å². The van der Waals surface area contributed by atoms with Gasteiger partial charge in [-0.05, 0) is 49.2 Å². The first-order chi connectivity index (χ1) is 17.1. The van der Waals surface area contributed by atoms with Crippen LogP contribution in [0.2, 0.25) is 5.02 Å². The fourth-order valence-electron chi connectivity index (χ4n) is 3.64. The number of nitrogens with zero attached hydrogens (tertiary/aromatic N) is 3. The quantitative estimate of drug-likeness (QED) is 0.365. The van der Waals surface area contributed by atoms with Gasteiger partial charge < -0.3 is 15.5 Å². The van der Waals surface area contributed by atoms with E-state index in [-0.39, 0.29) is 5.56 Å². The average Bonchev–Trinajstić information content (AvgIpc) is 2.83. The molecule has 0 saturated carbocycles. The fourth-order valence-corrected chi connectivity index (χ4v) is 3.85. The number of aromatic nitrogens is 4. The number of rotatable bonds is 8. The number of benzene rings is 1. The number of halogens is 1. The molecule has 4 aromatic rings. The van der Waals surface area contributed by atoms with Crippen LogP contribution in [0, 0.1) is 12.3 Å². The Morgan fingerprint density at radius 3 is 2.61 bits per heavy atom. The zero-order valence-electron chi connectivity index (χ0n) is 20.2. The number of hydrogen-bond acceptors (Lipinski definition) is 6. The van der Waals surface area contributed by atoms with Gasteiger partial charge in [0.1, 0.15) is 12.4 Å². The molecule has 3 heterocycles. The number of carbonyl (C=O) groups is 1. The van der Waals surface area contributed by atoms with Crippen LogP contribution in [0.1, 0.15) is 30.8 Å². The number of hydrogen-bond donors (Lipinski definition) is 2. The maximum absolute atomic E-state index is 12.5. The minimum Gasteiger partial charge on any atom is -0.471 e. The molecule has 0 spiro atoms. The molecule has 0 radical (unpaired) electrons. The number of H-pyrrole nitrogens is 1. The highest BCUT2D eigenvalue weighted by Gasteiger charge is 2.25. The largest absolute Gasteiger partial charge is 0.471 e. The first-order valence-corrected chi connectivity index (χ1v) is 11.7. The summed E-state index contributed by atoms with van der Waals surface area (Å²) in [4.78, 5) is 40.4. The minimum absolute atomic E-state index is 0.294. The zero-order chi connectivity index (χ0) is 25.9. The lowest BCUT2D eigenvalue weighted by atomic mass is 9.85. The summed E-state index contributed by atoms with van der Waals surface area (Å²) in [7, 11) is 0. The summed E-state index contributed by atoms with van der Waals surface area (Å²) in [5.41, 5.74) is 8.65. The van der Waals surface area contributed by atoms with Crippen LogP contribution in [-0.4, -0.2) is 25.8 Å². The Hall–Kier alpha value is -4.04. The summed E-state index contributed by atoms with van der Waals surface area (Å²) in [5.74, 6) is 0.342. The normalized spacial score (nSPS) is 11.3. The standard InChI is InChI=1S/C27H26ClN5O3/c1-16-5-4-6-19(31-16)15-36-24-10-8-18(14-30-24)22-12-23(34)33-25(32-22)20-11-17(7-9-21(20)28)13-27(2,3)26(29)35/h4-12,14H,13,15H2,1-3H3,(H2,29,35)(H,32,33,34). The highest BCUT2D eigenvalue weighted by Crippen LogP contribution is 2.30. The minimum atomic E-state index is -0.737. The van der Waals surface area contributed by atoms with Gasteiger partial charge in [0.05, 0.1) is 16.4 Å². The Morgan fingerprint density at radius 1 is 1.11 bits per heavy atom. The monoisotopic (exact) mass is 503 g/mol. The molecule has 36 heavy (non-hydrogen) atoms. The molecular formula is C27H26ClN5O3. The van der Waals surface area contributed by atoms with Gasteiger partial charge in [-0.15, -0.1) is 0 Å². The second-order valence-electron chi connectivity index (χ2n) is 9.16. The van der Waals surface area contributed by atoms with Gasteiger partial charge in [-0.1, -0.05) is 37.6 Å². The molecule has 0 fully saturated rings. The maximum Gasteiger partial charge on any atom is 0.251 e. The van der Waals surface area contributed by atoms with E-state index in [9.17, 15) is 9.59 Å². The predicted octanol–water partition coefficient (Wildman–Crippen LogP) is 4.49. The van der Waals surface area contributed by atoms with Crippen molar-refractivity contribution in [3.8, 4) is 28.5 Å².